The molecule has 57 heavy (non-hydrogen) atoms. The molecule has 0 aliphatic heterocycles. The zero-order chi connectivity index (χ0) is 41.9. The zero-order valence-corrected chi connectivity index (χ0v) is 43.7. The maximum absolute atomic E-state index is 9.26. The van der Waals surface area contributed by atoms with Gasteiger partial charge in [0.1, 0.15) is 0 Å². The number of fused-ring (bicyclic) bond motifs is 2. The van der Waals surface area contributed by atoms with Crippen molar-refractivity contribution in [3.8, 4) is 22.3 Å². The minimum absolute atomic E-state index is 0.0197. The number of allylic oxidation sites excluding steroid dienone is 2. The molecule has 0 heterocycles. The third-order valence-electron chi connectivity index (χ3n) is 13.9. The first-order valence-corrected chi connectivity index (χ1v) is 39.6. The molecule has 0 N–H and O–H groups in total. The summed E-state index contributed by atoms with van der Waals surface area (Å²) in [5, 5.41) is 0. The van der Waals surface area contributed by atoms with E-state index < -0.39 is 32.6 Å². The molecular formula is C50H69BCl2NSi2Zr. The third kappa shape index (κ3) is 8.23. The van der Waals surface area contributed by atoms with Crippen LogP contribution in [0.5, 0.6) is 0 Å². The fourth-order valence-corrected chi connectivity index (χ4v) is 52.9. The zero-order valence-electron chi connectivity index (χ0n) is 37.7. The Hall–Kier alpha value is -1.72. The molecule has 0 saturated heterocycles. The molecule has 2 atom stereocenters. The summed E-state index contributed by atoms with van der Waals surface area (Å²) in [6, 6.07) is 23.4. The molecule has 2 unspecified atom stereocenters. The van der Waals surface area contributed by atoms with Crippen molar-refractivity contribution in [1.29, 1.82) is 0 Å². The van der Waals surface area contributed by atoms with E-state index in [4.69, 9.17) is 0 Å². The van der Waals surface area contributed by atoms with E-state index in [9.17, 15) is 17.0 Å². The second-order valence-corrected chi connectivity index (χ2v) is 51.9. The van der Waals surface area contributed by atoms with Gasteiger partial charge in [-0.25, -0.2) is 0 Å². The Morgan fingerprint density at radius 3 is 1.28 bits per heavy atom. The predicted molar refractivity (Wildman–Crippen MR) is 260 cm³/mol. The van der Waals surface area contributed by atoms with Crippen LogP contribution in [-0.2, 0) is 16.2 Å². The van der Waals surface area contributed by atoms with E-state index in [-0.39, 0.29) is 7.25 Å². The van der Waals surface area contributed by atoms with Crippen LogP contribution in [0, 0.1) is 41.5 Å². The summed E-state index contributed by atoms with van der Waals surface area (Å²) in [6.07, 6.45) is 11.8. The van der Waals surface area contributed by atoms with Gasteiger partial charge in [0.15, 0.2) is 0 Å². The van der Waals surface area contributed by atoms with Crippen LogP contribution in [0.2, 0.25) is 39.3 Å². The third-order valence-corrected chi connectivity index (χ3v) is 41.0. The molecule has 2 aliphatic carbocycles. The summed E-state index contributed by atoms with van der Waals surface area (Å²) < 4.78 is 3.00. The first-order valence-electron chi connectivity index (χ1n) is 21.8. The Balaban J connectivity index is 1.70. The standard InChI is InChI=1S/2C22H25.C6H19BNSi2.2ClH.Zr/c2*1-5-6-8-18-13-19-9-7-10-21(22(19)14-18)20-12-11-15(2)16(3)17(20)4;1-9(2,3)8(7)10(4,5)6;;;/h2*7,9-14H,5-6,8H2,1-4H3;7H,1-6H3;2*1H;/q;;+1;;;+1/p-2. The summed E-state index contributed by atoms with van der Waals surface area (Å²) in [4.78, 5) is 0.830. The topological polar surface area (TPSA) is 3.24 Å². The van der Waals surface area contributed by atoms with Crippen molar-refractivity contribution in [2.24, 2.45) is 0 Å². The predicted octanol–water partition coefficient (Wildman–Crippen LogP) is 16.1. The van der Waals surface area contributed by atoms with Crippen LogP contribution in [0.4, 0.5) is 0 Å². The number of aryl methyl sites for hydroxylation is 2. The number of rotatable bonds is 14. The second-order valence-electron chi connectivity index (χ2n) is 19.8. The van der Waals surface area contributed by atoms with Gasteiger partial charge < -0.3 is 0 Å². The van der Waals surface area contributed by atoms with Crippen molar-refractivity contribution in [3.05, 3.63) is 127 Å². The number of benzene rings is 4. The summed E-state index contributed by atoms with van der Waals surface area (Å²) in [5.74, 6) is 0. The molecule has 0 radical (unpaired) electrons. The van der Waals surface area contributed by atoms with Crippen LogP contribution in [0.1, 0.15) is 115 Å². The van der Waals surface area contributed by atoms with Gasteiger partial charge in [0.2, 0.25) is 0 Å². The molecule has 2 aliphatic rings. The molecule has 7 heteroatoms. The molecule has 0 spiro atoms. The first kappa shape index (κ1) is 44.8. The number of unbranched alkanes of at least 4 members (excludes halogenated alkanes) is 2. The van der Waals surface area contributed by atoms with Gasteiger partial charge in [0, 0.05) is 0 Å². The quantitative estimate of drug-likeness (QED) is 0.114. The van der Waals surface area contributed by atoms with Crippen LogP contribution >= 0.6 is 17.0 Å². The number of halogens is 2. The Morgan fingerprint density at radius 2 is 0.930 bits per heavy atom. The molecule has 0 amide bonds. The van der Waals surface area contributed by atoms with Gasteiger partial charge in [0.05, 0.1) is 0 Å². The van der Waals surface area contributed by atoms with Crippen molar-refractivity contribution >= 4 is 50.6 Å². The van der Waals surface area contributed by atoms with Crippen LogP contribution in [-0.4, -0.2) is 25.6 Å². The van der Waals surface area contributed by atoms with Gasteiger partial charge in [-0.2, -0.15) is 0 Å². The molecule has 0 saturated carbocycles. The van der Waals surface area contributed by atoms with Crippen LogP contribution in [0.15, 0.2) is 71.8 Å². The van der Waals surface area contributed by atoms with Gasteiger partial charge in [-0.15, -0.1) is 0 Å². The van der Waals surface area contributed by atoms with Crippen molar-refractivity contribution in [3.63, 3.8) is 0 Å². The molecule has 0 fully saturated rings. The fraction of sp³-hybridized carbons (Fsp3) is 0.440. The average Bonchev–Trinajstić information content (AvgIpc) is 3.73. The number of nitrogens with zero attached hydrogens (tertiary/aromatic N) is 1. The molecule has 6 rings (SSSR count). The molecule has 303 valence electrons. The minimum atomic E-state index is -5.33. The Kier molecular flexibility index (Phi) is 13.1. The van der Waals surface area contributed by atoms with Crippen LogP contribution in [0.3, 0.4) is 0 Å². The van der Waals surface area contributed by atoms with E-state index >= 15 is 0 Å². The molecule has 4 aromatic rings. The van der Waals surface area contributed by atoms with Gasteiger partial charge in [-0.3, -0.25) is 0 Å². The monoisotopic (exact) mass is 910 g/mol. The maximum atomic E-state index is 9.26. The van der Waals surface area contributed by atoms with Crippen molar-refractivity contribution in [2.45, 2.75) is 140 Å². The normalized spacial score (nSPS) is 17.6. The van der Waals surface area contributed by atoms with E-state index in [1.807, 2.05) is 0 Å². The van der Waals surface area contributed by atoms with Gasteiger partial charge in [-0.1, -0.05) is 0 Å². The molecule has 0 bridgehead atoms. The van der Waals surface area contributed by atoms with Gasteiger partial charge in [-0.05, 0) is 0 Å². The average molecular weight is 913 g/mol. The van der Waals surface area contributed by atoms with E-state index in [0.29, 0.717) is 0 Å². The number of hydrogen-bond donors (Lipinski definition) is 0. The molecule has 0 aromatic heterocycles. The Labute approximate surface area is 358 Å². The van der Waals surface area contributed by atoms with Crippen molar-refractivity contribution < 1.29 is 16.2 Å². The summed E-state index contributed by atoms with van der Waals surface area (Å²) in [6.45, 7) is 33.4. The molecule has 1 nitrogen and oxygen atoms in total. The van der Waals surface area contributed by atoms with Crippen molar-refractivity contribution in [2.75, 3.05) is 0 Å². The summed E-state index contributed by atoms with van der Waals surface area (Å²) in [5.41, 5.74) is 21.9. The van der Waals surface area contributed by atoms with Crippen LogP contribution < -0.4 is 0 Å². The first-order chi connectivity index (χ1) is 26.6. The Bertz CT molecular complexity index is 2110. The van der Waals surface area contributed by atoms with Gasteiger partial charge in [0.25, 0.3) is 0 Å². The Morgan fingerprint density at radius 1 is 0.544 bits per heavy atom. The number of hydrogen-bond acceptors (Lipinski definition) is 1. The van der Waals surface area contributed by atoms with Crippen LogP contribution in [0.25, 0.3) is 34.4 Å². The van der Waals surface area contributed by atoms with E-state index in [1.165, 1.54) is 89.0 Å². The van der Waals surface area contributed by atoms with Crippen molar-refractivity contribution in [1.82, 2.24) is 4.14 Å². The van der Waals surface area contributed by atoms with Gasteiger partial charge >= 0.3 is 361 Å². The summed E-state index contributed by atoms with van der Waals surface area (Å²) in [7, 11) is 14.8. The fourth-order valence-electron chi connectivity index (χ4n) is 10.6. The molecule has 4 aromatic carbocycles. The van der Waals surface area contributed by atoms with E-state index in [1.54, 1.807) is 0 Å². The summed E-state index contributed by atoms with van der Waals surface area (Å²) >= 11 is -5.33. The molecular weight excluding hydrogens is 844 g/mol. The van der Waals surface area contributed by atoms with E-state index in [2.05, 4.69) is 172 Å². The SMILES string of the molecule is CCCCC1=Cc2c(-c3ccc(C)c(C)c3C)cccc2[CH]1[Zr]([Cl])([Cl])([BH]N([Si](C)(C)C)[Si](C)(C)C)[CH]1C(CCCC)=Cc2c(-c3ccc(C)c(C)c3C)cccc21. The second kappa shape index (κ2) is 16.6. The van der Waals surface area contributed by atoms with E-state index in [0.717, 1.165) is 43.5 Å².